The summed E-state index contributed by atoms with van der Waals surface area (Å²) in [5.74, 6) is 0.831. The first-order valence-corrected chi connectivity index (χ1v) is 6.49. The number of nitrogens with one attached hydrogen (secondary N) is 1. The van der Waals surface area contributed by atoms with Crippen molar-refractivity contribution < 1.29 is 0 Å². The zero-order valence-corrected chi connectivity index (χ0v) is 12.7. The molecule has 0 radical (unpaired) electrons. The van der Waals surface area contributed by atoms with Crippen LogP contribution in [-0.2, 0) is 0 Å². The van der Waals surface area contributed by atoms with Gasteiger partial charge in [-0.25, -0.2) is 5.01 Å². The second-order valence-corrected chi connectivity index (χ2v) is 4.79. The molecule has 0 aliphatic carbocycles. The van der Waals surface area contributed by atoms with Gasteiger partial charge in [0.25, 0.3) is 0 Å². The van der Waals surface area contributed by atoms with Crippen molar-refractivity contribution in [2.45, 2.75) is 6.92 Å². The van der Waals surface area contributed by atoms with Crippen LogP contribution in [0.1, 0.15) is 12.5 Å². The third-order valence-electron chi connectivity index (χ3n) is 2.33. The van der Waals surface area contributed by atoms with E-state index in [1.807, 2.05) is 31.2 Å². The molecule has 0 atom stereocenters. The quantitative estimate of drug-likeness (QED) is 0.921. The minimum Gasteiger partial charge on any atom is -0.277 e. The highest BCUT2D eigenvalue weighted by atomic mass is 79.9. The first kappa shape index (κ1) is 15.0. The molecule has 96 valence electrons. The maximum absolute atomic E-state index is 7.77. The van der Waals surface area contributed by atoms with Crippen LogP contribution in [0.25, 0.3) is 6.08 Å². The molecule has 0 spiro atoms. The highest BCUT2D eigenvalue weighted by Crippen LogP contribution is 2.14. The highest BCUT2D eigenvalue weighted by Gasteiger charge is 2.13. The summed E-state index contributed by atoms with van der Waals surface area (Å²) in [6, 6.07) is 10.1. The Morgan fingerprint density at radius 1 is 1.39 bits per heavy atom. The predicted molar refractivity (Wildman–Crippen MR) is 85.8 cm³/mol. The summed E-state index contributed by atoms with van der Waals surface area (Å²) >= 11 is 1.53. The largest absolute Gasteiger partial charge is 0.277 e. The van der Waals surface area contributed by atoms with E-state index < -0.39 is 0 Å². The average Bonchev–Trinajstić information content (AvgIpc) is 2.35. The van der Waals surface area contributed by atoms with Gasteiger partial charge in [0.05, 0.1) is 6.54 Å². The molecule has 0 bridgehead atoms. The van der Waals surface area contributed by atoms with Crippen molar-refractivity contribution in [3.05, 3.63) is 42.0 Å². The van der Waals surface area contributed by atoms with Gasteiger partial charge in [-0.3, -0.25) is 5.41 Å². The summed E-state index contributed by atoms with van der Waals surface area (Å²) in [5.41, 5.74) is 2.24. The van der Waals surface area contributed by atoms with Crippen LogP contribution in [0.3, 0.4) is 0 Å². The standard InChI is InChI=1S/C13H15N3S.BrH/c1-11-10-17-13(14)16(15-11)9-5-8-12-6-3-2-4-7-12;/h2-8,14H,9-10H2,1H3;1H/b8-5+,14-13?;. The lowest BCUT2D eigenvalue weighted by atomic mass is 10.2. The summed E-state index contributed by atoms with van der Waals surface area (Å²) in [4.78, 5) is 0. The molecular weight excluding hydrogens is 310 g/mol. The zero-order chi connectivity index (χ0) is 12.1. The Hall–Kier alpha value is -1.07. The Balaban J connectivity index is 0.00000162. The first-order chi connectivity index (χ1) is 8.25. The van der Waals surface area contributed by atoms with Gasteiger partial charge >= 0.3 is 0 Å². The van der Waals surface area contributed by atoms with Crippen LogP contribution in [0.15, 0.2) is 41.5 Å². The fourth-order valence-corrected chi connectivity index (χ4v) is 2.17. The normalized spacial score (nSPS) is 15.5. The Labute approximate surface area is 122 Å². The molecule has 1 aromatic rings. The fraction of sp³-hybridized carbons (Fsp3) is 0.231. The summed E-state index contributed by atoms with van der Waals surface area (Å²) in [7, 11) is 0. The summed E-state index contributed by atoms with van der Waals surface area (Å²) in [6.45, 7) is 2.64. The van der Waals surface area contributed by atoms with Gasteiger partial charge in [0.2, 0.25) is 0 Å². The van der Waals surface area contributed by atoms with Crippen LogP contribution >= 0.6 is 28.7 Å². The molecular formula is C13H16BrN3S. The minimum atomic E-state index is 0. The molecule has 0 aromatic heterocycles. The average molecular weight is 326 g/mol. The van der Waals surface area contributed by atoms with Crippen molar-refractivity contribution in [3.8, 4) is 0 Å². The number of amidine groups is 1. The zero-order valence-electron chi connectivity index (χ0n) is 10.2. The van der Waals surface area contributed by atoms with Gasteiger partial charge in [-0.15, -0.1) is 17.0 Å². The molecule has 1 aliphatic rings. The lowest BCUT2D eigenvalue weighted by Crippen LogP contribution is -2.29. The van der Waals surface area contributed by atoms with Crippen molar-refractivity contribution >= 4 is 45.7 Å². The molecule has 0 saturated heterocycles. The molecule has 0 fully saturated rings. The minimum absolute atomic E-state index is 0. The summed E-state index contributed by atoms with van der Waals surface area (Å²) < 4.78 is 0. The van der Waals surface area contributed by atoms with E-state index in [1.54, 1.807) is 5.01 Å². The number of benzene rings is 1. The molecule has 0 saturated carbocycles. The van der Waals surface area contributed by atoms with E-state index in [1.165, 1.54) is 17.3 Å². The van der Waals surface area contributed by atoms with Crippen LogP contribution in [0.2, 0.25) is 0 Å². The Bertz CT molecular complexity index is 457. The fourth-order valence-electron chi connectivity index (χ4n) is 1.50. The lowest BCUT2D eigenvalue weighted by Gasteiger charge is -2.22. The number of hydrogen-bond donors (Lipinski definition) is 1. The van der Waals surface area contributed by atoms with Gasteiger partial charge < -0.3 is 0 Å². The number of hydrogen-bond acceptors (Lipinski definition) is 3. The van der Waals surface area contributed by atoms with Crippen LogP contribution in [0.5, 0.6) is 0 Å². The van der Waals surface area contributed by atoms with Gasteiger partial charge in [0.1, 0.15) is 0 Å². The summed E-state index contributed by atoms with van der Waals surface area (Å²) in [6.07, 6.45) is 4.09. The maximum Gasteiger partial charge on any atom is 0.177 e. The van der Waals surface area contributed by atoms with Crippen LogP contribution in [0.4, 0.5) is 0 Å². The molecule has 3 nitrogen and oxygen atoms in total. The van der Waals surface area contributed by atoms with E-state index in [0.29, 0.717) is 11.7 Å². The number of rotatable bonds is 3. The Morgan fingerprint density at radius 2 is 2.11 bits per heavy atom. The number of nitrogens with zero attached hydrogens (tertiary/aromatic N) is 2. The van der Waals surface area contributed by atoms with E-state index in [9.17, 15) is 0 Å². The molecule has 1 aliphatic heterocycles. The smallest absolute Gasteiger partial charge is 0.177 e. The van der Waals surface area contributed by atoms with Gasteiger partial charge in [0, 0.05) is 11.5 Å². The van der Waals surface area contributed by atoms with Crippen molar-refractivity contribution in [1.82, 2.24) is 5.01 Å². The molecule has 1 aromatic carbocycles. The third-order valence-corrected chi connectivity index (χ3v) is 3.38. The predicted octanol–water partition coefficient (Wildman–Crippen LogP) is 3.64. The highest BCUT2D eigenvalue weighted by molar-refractivity contribution is 8.93. The topological polar surface area (TPSA) is 39.5 Å². The molecule has 18 heavy (non-hydrogen) atoms. The second-order valence-electron chi connectivity index (χ2n) is 3.82. The van der Waals surface area contributed by atoms with Crippen molar-refractivity contribution in [3.63, 3.8) is 0 Å². The van der Waals surface area contributed by atoms with E-state index in [2.05, 4.69) is 23.3 Å². The van der Waals surface area contributed by atoms with Crippen LogP contribution < -0.4 is 0 Å². The lowest BCUT2D eigenvalue weighted by molar-refractivity contribution is 0.499. The van der Waals surface area contributed by atoms with Crippen molar-refractivity contribution in [2.75, 3.05) is 12.3 Å². The number of hydrazone groups is 1. The van der Waals surface area contributed by atoms with Gasteiger partial charge in [-0.05, 0) is 12.5 Å². The molecule has 2 rings (SSSR count). The van der Waals surface area contributed by atoms with E-state index >= 15 is 0 Å². The van der Waals surface area contributed by atoms with E-state index in [0.717, 1.165) is 11.5 Å². The molecule has 1 N–H and O–H groups in total. The van der Waals surface area contributed by atoms with Crippen LogP contribution in [-0.4, -0.2) is 28.2 Å². The maximum atomic E-state index is 7.77. The van der Waals surface area contributed by atoms with Gasteiger partial charge in [0.15, 0.2) is 5.17 Å². The Morgan fingerprint density at radius 3 is 2.83 bits per heavy atom. The van der Waals surface area contributed by atoms with E-state index in [4.69, 9.17) is 5.41 Å². The molecule has 1 heterocycles. The number of halogens is 1. The number of thioether (sulfide) groups is 1. The van der Waals surface area contributed by atoms with Crippen LogP contribution in [0, 0.1) is 5.41 Å². The van der Waals surface area contributed by atoms with Gasteiger partial charge in [-0.1, -0.05) is 54.2 Å². The summed E-state index contributed by atoms with van der Waals surface area (Å²) in [5, 5.41) is 14.4. The SMILES string of the molecule is Br.CC1=NN(C/C=C/c2ccccc2)C(=N)SC1. The first-order valence-electron chi connectivity index (χ1n) is 5.50. The molecule has 0 unspecified atom stereocenters. The van der Waals surface area contributed by atoms with Crippen molar-refractivity contribution in [2.24, 2.45) is 5.10 Å². The van der Waals surface area contributed by atoms with Gasteiger partial charge in [-0.2, -0.15) is 5.10 Å². The van der Waals surface area contributed by atoms with E-state index in [-0.39, 0.29) is 17.0 Å². The van der Waals surface area contributed by atoms with Crippen molar-refractivity contribution in [1.29, 1.82) is 5.41 Å². The second kappa shape index (κ2) is 7.38. The Kier molecular flexibility index (Phi) is 6.15. The third kappa shape index (κ3) is 4.31. The molecule has 0 amide bonds. The molecule has 5 heteroatoms. The monoisotopic (exact) mass is 325 g/mol.